The van der Waals surface area contributed by atoms with E-state index in [1.54, 1.807) is 11.3 Å². The quantitative estimate of drug-likeness (QED) is 0.734. The lowest BCUT2D eigenvalue weighted by Crippen LogP contribution is -2.37. The van der Waals surface area contributed by atoms with Gasteiger partial charge in [0.1, 0.15) is 11.1 Å². The normalized spacial score (nSPS) is 19.0. The van der Waals surface area contributed by atoms with Gasteiger partial charge in [0.2, 0.25) is 11.7 Å². The molecule has 1 atom stereocenters. The van der Waals surface area contributed by atoms with Crippen molar-refractivity contribution in [1.82, 2.24) is 20.0 Å². The summed E-state index contributed by atoms with van der Waals surface area (Å²) in [5.74, 6) is 1.26. The van der Waals surface area contributed by atoms with E-state index >= 15 is 0 Å². The smallest absolute Gasteiger partial charge is 0.241 e. The van der Waals surface area contributed by atoms with Crippen molar-refractivity contribution in [3.05, 3.63) is 52.8 Å². The minimum Gasteiger partial charge on any atom is -0.368 e. The van der Waals surface area contributed by atoms with Gasteiger partial charge >= 0.3 is 0 Å². The number of benzene rings is 1. The molecule has 0 bridgehead atoms. The molecule has 3 aromatic rings. The van der Waals surface area contributed by atoms with Crippen LogP contribution < -0.4 is 0 Å². The molecule has 6 nitrogen and oxygen atoms in total. The van der Waals surface area contributed by atoms with Gasteiger partial charge in [-0.15, -0.1) is 11.3 Å². The average molecular weight is 328 g/mol. The molecule has 0 radical (unpaired) electrons. The maximum atomic E-state index is 5.80. The zero-order chi connectivity index (χ0) is 15.5. The van der Waals surface area contributed by atoms with Gasteiger partial charge in [-0.1, -0.05) is 35.5 Å². The van der Waals surface area contributed by atoms with Crippen LogP contribution in [0.25, 0.3) is 11.4 Å². The first-order valence-electron chi connectivity index (χ1n) is 7.50. The number of morpholine rings is 1. The Morgan fingerprint density at radius 1 is 1.26 bits per heavy atom. The van der Waals surface area contributed by atoms with Crippen LogP contribution >= 0.6 is 11.3 Å². The lowest BCUT2D eigenvalue weighted by molar-refractivity contribution is -0.0356. The summed E-state index contributed by atoms with van der Waals surface area (Å²) >= 11 is 1.62. The highest BCUT2D eigenvalue weighted by Crippen LogP contribution is 2.25. The largest absolute Gasteiger partial charge is 0.368 e. The van der Waals surface area contributed by atoms with E-state index in [2.05, 4.69) is 20.0 Å². The predicted molar refractivity (Wildman–Crippen MR) is 85.8 cm³/mol. The Morgan fingerprint density at radius 2 is 2.17 bits per heavy atom. The lowest BCUT2D eigenvalue weighted by Gasteiger charge is -2.30. The second-order valence-corrected chi connectivity index (χ2v) is 6.27. The molecular formula is C16H16N4O2S. The highest BCUT2D eigenvalue weighted by molar-refractivity contribution is 7.09. The lowest BCUT2D eigenvalue weighted by atomic mass is 10.2. The molecule has 7 heteroatoms. The minimum atomic E-state index is 0.0280. The van der Waals surface area contributed by atoms with E-state index in [1.165, 1.54) is 0 Å². The molecule has 4 rings (SSSR count). The summed E-state index contributed by atoms with van der Waals surface area (Å²) in [5, 5.41) is 7.06. The fourth-order valence-corrected chi connectivity index (χ4v) is 3.28. The topological polar surface area (TPSA) is 64.3 Å². The zero-order valence-corrected chi connectivity index (χ0v) is 13.3. The number of rotatable bonds is 4. The average Bonchev–Trinajstić information content (AvgIpc) is 3.28. The Kier molecular flexibility index (Phi) is 4.14. The van der Waals surface area contributed by atoms with Crippen LogP contribution in [0.1, 0.15) is 17.0 Å². The van der Waals surface area contributed by atoms with Gasteiger partial charge in [0.15, 0.2) is 0 Å². The van der Waals surface area contributed by atoms with Crippen molar-refractivity contribution in [2.45, 2.75) is 12.6 Å². The number of aromatic nitrogens is 3. The summed E-state index contributed by atoms with van der Waals surface area (Å²) in [6.45, 7) is 2.95. The first-order chi connectivity index (χ1) is 11.4. The van der Waals surface area contributed by atoms with Gasteiger partial charge < -0.3 is 9.26 Å². The summed E-state index contributed by atoms with van der Waals surface area (Å²) in [7, 11) is 0. The van der Waals surface area contributed by atoms with E-state index in [-0.39, 0.29) is 6.10 Å². The standard InChI is InChI=1S/C16H16N4O2S/c1-2-4-12(5-3-1)15-18-14(22-19-15)11-20-7-8-21-13(10-20)16-17-6-9-23-16/h1-6,9,13H,7-8,10-11H2/t13-/m1/s1. The van der Waals surface area contributed by atoms with Crippen LogP contribution in [-0.2, 0) is 11.3 Å². The fraction of sp³-hybridized carbons (Fsp3) is 0.312. The predicted octanol–water partition coefficient (Wildman–Crippen LogP) is 2.77. The maximum absolute atomic E-state index is 5.80. The SMILES string of the molecule is c1ccc(-c2noc(CN3CCO[C@@H](c4nccs4)C3)n2)cc1. The Hall–Kier alpha value is -2.09. The first-order valence-corrected chi connectivity index (χ1v) is 8.38. The van der Waals surface area contributed by atoms with Crippen LogP contribution in [0.2, 0.25) is 0 Å². The molecule has 1 fully saturated rings. The minimum absolute atomic E-state index is 0.0280. The number of ether oxygens (including phenoxy) is 1. The third-order valence-electron chi connectivity index (χ3n) is 3.74. The van der Waals surface area contributed by atoms with E-state index < -0.39 is 0 Å². The van der Waals surface area contributed by atoms with Crippen molar-refractivity contribution in [2.75, 3.05) is 19.7 Å². The van der Waals surface area contributed by atoms with Gasteiger partial charge in [-0.2, -0.15) is 4.98 Å². The molecule has 1 aliphatic rings. The Morgan fingerprint density at radius 3 is 3.00 bits per heavy atom. The molecule has 118 valence electrons. The molecule has 23 heavy (non-hydrogen) atoms. The van der Waals surface area contributed by atoms with Crippen LogP contribution in [-0.4, -0.2) is 39.7 Å². The molecule has 1 aliphatic heterocycles. The van der Waals surface area contributed by atoms with Crippen molar-refractivity contribution >= 4 is 11.3 Å². The second kappa shape index (κ2) is 6.57. The van der Waals surface area contributed by atoms with E-state index in [9.17, 15) is 0 Å². The summed E-state index contributed by atoms with van der Waals surface area (Å²) in [6, 6.07) is 9.85. The van der Waals surface area contributed by atoms with Crippen LogP contribution in [0.15, 0.2) is 46.4 Å². The van der Waals surface area contributed by atoms with Crippen LogP contribution in [0.4, 0.5) is 0 Å². The van der Waals surface area contributed by atoms with Crippen molar-refractivity contribution < 1.29 is 9.26 Å². The van der Waals surface area contributed by atoms with Crippen molar-refractivity contribution in [3.63, 3.8) is 0 Å². The molecule has 1 saturated heterocycles. The summed E-state index contributed by atoms with van der Waals surface area (Å²) in [5.41, 5.74) is 0.963. The summed E-state index contributed by atoms with van der Waals surface area (Å²) in [6.07, 6.45) is 1.84. The molecule has 0 saturated carbocycles. The van der Waals surface area contributed by atoms with E-state index in [4.69, 9.17) is 9.26 Å². The van der Waals surface area contributed by atoms with Gasteiger partial charge in [-0.25, -0.2) is 4.98 Å². The van der Waals surface area contributed by atoms with Crippen LogP contribution in [0, 0.1) is 0 Å². The fourth-order valence-electron chi connectivity index (χ4n) is 2.60. The third-order valence-corrected chi connectivity index (χ3v) is 4.60. The Bertz CT molecular complexity index is 745. The van der Waals surface area contributed by atoms with E-state index in [0.29, 0.717) is 24.9 Å². The molecule has 0 spiro atoms. The van der Waals surface area contributed by atoms with Crippen LogP contribution in [0.5, 0.6) is 0 Å². The number of hydrogen-bond acceptors (Lipinski definition) is 7. The first kappa shape index (κ1) is 14.5. The zero-order valence-electron chi connectivity index (χ0n) is 12.5. The molecule has 2 aromatic heterocycles. The van der Waals surface area contributed by atoms with Gasteiger partial charge in [0, 0.05) is 30.2 Å². The molecule has 0 aliphatic carbocycles. The molecule has 3 heterocycles. The Balaban J connectivity index is 1.43. The van der Waals surface area contributed by atoms with Crippen molar-refractivity contribution in [1.29, 1.82) is 0 Å². The highest BCUT2D eigenvalue weighted by Gasteiger charge is 2.25. The molecule has 0 unspecified atom stereocenters. The van der Waals surface area contributed by atoms with Gasteiger partial charge in [-0.05, 0) is 0 Å². The number of nitrogens with zero attached hydrogens (tertiary/aromatic N) is 4. The summed E-state index contributed by atoms with van der Waals surface area (Å²) < 4.78 is 11.2. The van der Waals surface area contributed by atoms with E-state index in [0.717, 1.165) is 23.7 Å². The molecule has 1 aromatic carbocycles. The van der Waals surface area contributed by atoms with Gasteiger partial charge in [0.25, 0.3) is 0 Å². The number of thiazole rings is 1. The van der Waals surface area contributed by atoms with Crippen molar-refractivity contribution in [3.8, 4) is 11.4 Å². The highest BCUT2D eigenvalue weighted by atomic mass is 32.1. The van der Waals surface area contributed by atoms with Crippen molar-refractivity contribution in [2.24, 2.45) is 0 Å². The monoisotopic (exact) mass is 328 g/mol. The number of hydrogen-bond donors (Lipinski definition) is 0. The summed E-state index contributed by atoms with van der Waals surface area (Å²) in [4.78, 5) is 11.1. The van der Waals surface area contributed by atoms with Crippen LogP contribution in [0.3, 0.4) is 0 Å². The third kappa shape index (κ3) is 3.31. The van der Waals surface area contributed by atoms with Gasteiger partial charge in [-0.3, -0.25) is 4.90 Å². The maximum Gasteiger partial charge on any atom is 0.241 e. The molecule has 0 amide bonds. The molecular weight excluding hydrogens is 312 g/mol. The second-order valence-electron chi connectivity index (χ2n) is 5.34. The Labute approximate surface area is 137 Å². The molecule has 0 N–H and O–H groups in total. The van der Waals surface area contributed by atoms with Gasteiger partial charge in [0.05, 0.1) is 13.2 Å². The van der Waals surface area contributed by atoms with E-state index in [1.807, 2.05) is 41.9 Å².